The topological polar surface area (TPSA) is 21.6 Å². The van der Waals surface area contributed by atoms with E-state index in [1.165, 1.54) is 0 Å². The van der Waals surface area contributed by atoms with Gasteiger partial charge in [-0.15, -0.1) is 11.8 Å². The van der Waals surface area contributed by atoms with Crippen molar-refractivity contribution in [3.05, 3.63) is 0 Å². The fourth-order valence-corrected chi connectivity index (χ4v) is 1.11. The molecule has 0 bridgehead atoms. The van der Waals surface area contributed by atoms with Crippen LogP contribution in [0.2, 0.25) is 0 Å². The Morgan fingerprint density at radius 3 is 2.88 bits per heavy atom. The first kappa shape index (κ1) is 5.95. The summed E-state index contributed by atoms with van der Waals surface area (Å²) in [5.74, 6) is 0. The maximum Gasteiger partial charge on any atom is 0.131 e. The summed E-state index contributed by atoms with van der Waals surface area (Å²) in [6.45, 7) is 2.02. The van der Waals surface area contributed by atoms with Gasteiger partial charge in [0.25, 0.3) is 0 Å². The molecule has 2 nitrogen and oxygen atoms in total. The molecule has 0 amide bonds. The first-order valence-electron chi connectivity index (χ1n) is 2.59. The molecule has 46 valence electrons. The van der Waals surface area contributed by atoms with Gasteiger partial charge in [0, 0.05) is 6.42 Å². The molecule has 0 N–H and O–H groups in total. The Bertz CT molecular complexity index is 113. The van der Waals surface area contributed by atoms with Crippen LogP contribution in [-0.2, 0) is 4.84 Å². The largest absolute Gasteiger partial charge is 0.392 e. The van der Waals surface area contributed by atoms with Gasteiger partial charge in [-0.1, -0.05) is 5.16 Å². The van der Waals surface area contributed by atoms with E-state index in [0.717, 1.165) is 11.5 Å². The number of rotatable bonds is 0. The van der Waals surface area contributed by atoms with Crippen LogP contribution in [0.25, 0.3) is 0 Å². The molecule has 1 atom stereocenters. The fraction of sp³-hybridized carbons (Fsp3) is 0.800. The summed E-state index contributed by atoms with van der Waals surface area (Å²) in [5, 5.41) is 4.92. The summed E-state index contributed by atoms with van der Waals surface area (Å²) in [7, 11) is 0. The molecule has 0 aromatic rings. The molecule has 0 aromatic carbocycles. The van der Waals surface area contributed by atoms with E-state index >= 15 is 0 Å². The number of thioether (sulfide) groups is 1. The molecule has 0 radical (unpaired) electrons. The van der Waals surface area contributed by atoms with E-state index in [9.17, 15) is 0 Å². The lowest BCUT2D eigenvalue weighted by atomic mass is 10.3. The molecule has 1 aliphatic rings. The van der Waals surface area contributed by atoms with Crippen molar-refractivity contribution in [3.8, 4) is 0 Å². The van der Waals surface area contributed by atoms with Crippen molar-refractivity contribution in [1.82, 2.24) is 0 Å². The molecule has 1 heterocycles. The molecule has 0 fully saturated rings. The molecular formula is C5H9NOS. The monoisotopic (exact) mass is 131 g/mol. The molecule has 1 aliphatic heterocycles. The van der Waals surface area contributed by atoms with Gasteiger partial charge in [-0.2, -0.15) is 0 Å². The lowest BCUT2D eigenvalue weighted by Gasteiger charge is -1.94. The van der Waals surface area contributed by atoms with Gasteiger partial charge in [0.2, 0.25) is 0 Å². The standard InChI is InChI=1S/C5H9NOS/c1-4-3-5(8-2)6-7-4/h4H,3H2,1-2H3. The Morgan fingerprint density at radius 1 is 1.88 bits per heavy atom. The van der Waals surface area contributed by atoms with Crippen molar-refractivity contribution in [3.63, 3.8) is 0 Å². The van der Waals surface area contributed by atoms with Crippen molar-refractivity contribution in [2.75, 3.05) is 6.26 Å². The summed E-state index contributed by atoms with van der Waals surface area (Å²) in [6, 6.07) is 0. The molecule has 0 saturated carbocycles. The van der Waals surface area contributed by atoms with Gasteiger partial charge in [-0.25, -0.2) is 0 Å². The van der Waals surface area contributed by atoms with Crippen molar-refractivity contribution in [1.29, 1.82) is 0 Å². The molecule has 0 spiro atoms. The van der Waals surface area contributed by atoms with E-state index in [1.807, 2.05) is 13.2 Å². The van der Waals surface area contributed by atoms with Crippen LogP contribution in [-0.4, -0.2) is 17.4 Å². The average molecular weight is 131 g/mol. The van der Waals surface area contributed by atoms with Gasteiger partial charge in [0.05, 0.1) is 0 Å². The van der Waals surface area contributed by atoms with Gasteiger partial charge in [0.1, 0.15) is 11.1 Å². The highest BCUT2D eigenvalue weighted by molar-refractivity contribution is 8.13. The number of hydrogen-bond acceptors (Lipinski definition) is 3. The van der Waals surface area contributed by atoms with Gasteiger partial charge < -0.3 is 4.84 Å². The number of oxime groups is 1. The van der Waals surface area contributed by atoms with Crippen LogP contribution in [0, 0.1) is 0 Å². The van der Waals surface area contributed by atoms with Crippen molar-refractivity contribution >= 4 is 16.8 Å². The summed E-state index contributed by atoms with van der Waals surface area (Å²) in [5.41, 5.74) is 0. The third-order valence-corrected chi connectivity index (χ3v) is 1.74. The second-order valence-electron chi connectivity index (χ2n) is 1.81. The highest BCUT2D eigenvalue weighted by atomic mass is 32.2. The Labute approximate surface area is 53.3 Å². The highest BCUT2D eigenvalue weighted by Gasteiger charge is 2.13. The number of nitrogens with zero attached hydrogens (tertiary/aromatic N) is 1. The number of hydrogen-bond donors (Lipinski definition) is 0. The summed E-state index contributed by atoms with van der Waals surface area (Å²) in [6.07, 6.45) is 3.30. The molecule has 0 aliphatic carbocycles. The van der Waals surface area contributed by atoms with Crippen molar-refractivity contribution in [2.24, 2.45) is 5.16 Å². The predicted molar refractivity (Wildman–Crippen MR) is 36.1 cm³/mol. The van der Waals surface area contributed by atoms with E-state index in [1.54, 1.807) is 11.8 Å². The second kappa shape index (κ2) is 2.40. The molecule has 1 unspecified atom stereocenters. The van der Waals surface area contributed by atoms with Gasteiger partial charge in [0.15, 0.2) is 0 Å². The van der Waals surface area contributed by atoms with E-state index in [4.69, 9.17) is 4.84 Å². The summed E-state index contributed by atoms with van der Waals surface area (Å²) in [4.78, 5) is 4.92. The SMILES string of the molecule is CSC1=NOC(C)C1. The van der Waals surface area contributed by atoms with E-state index < -0.39 is 0 Å². The highest BCUT2D eigenvalue weighted by Crippen LogP contribution is 2.15. The van der Waals surface area contributed by atoms with Crippen molar-refractivity contribution < 1.29 is 4.84 Å². The molecule has 8 heavy (non-hydrogen) atoms. The van der Waals surface area contributed by atoms with Crippen LogP contribution < -0.4 is 0 Å². The van der Waals surface area contributed by atoms with E-state index in [2.05, 4.69) is 5.16 Å². The minimum atomic E-state index is 0.303. The molecular weight excluding hydrogens is 122 g/mol. The lowest BCUT2D eigenvalue weighted by Crippen LogP contribution is -1.98. The first-order valence-corrected chi connectivity index (χ1v) is 3.82. The van der Waals surface area contributed by atoms with Crippen LogP contribution in [0.4, 0.5) is 0 Å². The quantitative estimate of drug-likeness (QED) is 0.496. The molecule has 0 saturated heterocycles. The summed E-state index contributed by atoms with van der Waals surface area (Å²) >= 11 is 1.66. The minimum Gasteiger partial charge on any atom is -0.392 e. The Balaban J connectivity index is 2.37. The molecule has 1 rings (SSSR count). The predicted octanol–water partition coefficient (Wildman–Crippen LogP) is 1.47. The smallest absolute Gasteiger partial charge is 0.131 e. The zero-order valence-electron chi connectivity index (χ0n) is 5.05. The van der Waals surface area contributed by atoms with Crippen molar-refractivity contribution in [2.45, 2.75) is 19.4 Å². The van der Waals surface area contributed by atoms with Gasteiger partial charge in [-0.3, -0.25) is 0 Å². The van der Waals surface area contributed by atoms with Gasteiger partial charge in [-0.05, 0) is 13.2 Å². The molecule has 0 aromatic heterocycles. The fourth-order valence-electron chi connectivity index (χ4n) is 0.590. The molecule has 3 heteroatoms. The average Bonchev–Trinajstić information content (AvgIpc) is 2.14. The minimum absolute atomic E-state index is 0.303. The maximum atomic E-state index is 4.92. The second-order valence-corrected chi connectivity index (χ2v) is 2.69. The van der Waals surface area contributed by atoms with Crippen LogP contribution >= 0.6 is 11.8 Å². The third-order valence-electron chi connectivity index (χ3n) is 1.03. The Hall–Kier alpha value is -0.180. The van der Waals surface area contributed by atoms with E-state index in [0.29, 0.717) is 6.10 Å². The van der Waals surface area contributed by atoms with Gasteiger partial charge >= 0.3 is 0 Å². The maximum absolute atomic E-state index is 4.92. The zero-order chi connectivity index (χ0) is 5.98. The third kappa shape index (κ3) is 1.15. The summed E-state index contributed by atoms with van der Waals surface area (Å²) < 4.78 is 0. The van der Waals surface area contributed by atoms with Crippen LogP contribution in [0.15, 0.2) is 5.16 Å². The lowest BCUT2D eigenvalue weighted by molar-refractivity contribution is 0.0996. The van der Waals surface area contributed by atoms with E-state index in [-0.39, 0.29) is 0 Å². The Kier molecular flexibility index (Phi) is 1.78. The zero-order valence-corrected chi connectivity index (χ0v) is 5.86. The normalized spacial score (nSPS) is 27.2. The Morgan fingerprint density at radius 2 is 2.62 bits per heavy atom. The first-order chi connectivity index (χ1) is 3.83. The van der Waals surface area contributed by atoms with Crippen LogP contribution in [0.1, 0.15) is 13.3 Å². The van der Waals surface area contributed by atoms with Crippen LogP contribution in [0.3, 0.4) is 0 Å². The van der Waals surface area contributed by atoms with Crippen LogP contribution in [0.5, 0.6) is 0 Å².